The lowest BCUT2D eigenvalue weighted by Crippen LogP contribution is -2.37. The second-order valence-corrected chi connectivity index (χ2v) is 11.3. The molecule has 2 aromatic carbocycles. The second kappa shape index (κ2) is 10.2. The number of non-ortho nitro benzene ring substituents is 1. The topological polar surface area (TPSA) is 136 Å². The Balaban J connectivity index is 1.58. The first kappa shape index (κ1) is 26.5. The Morgan fingerprint density at radius 2 is 1.87 bits per heavy atom. The molecule has 0 saturated heterocycles. The number of carbonyl (C=O) groups is 1. The van der Waals surface area contributed by atoms with Gasteiger partial charge in [0.15, 0.2) is 22.4 Å². The van der Waals surface area contributed by atoms with E-state index in [1.807, 2.05) is 19.9 Å². The van der Waals surface area contributed by atoms with E-state index in [9.17, 15) is 19.7 Å². The summed E-state index contributed by atoms with van der Waals surface area (Å²) in [4.78, 5) is 45.3. The fourth-order valence-electron chi connectivity index (χ4n) is 5.24. The summed E-state index contributed by atoms with van der Waals surface area (Å²) in [6.07, 6.45) is 0.997. The standard InChI is InChI=1S/C28H28N4O6S/c1-28(2)12-18-23(19(33)13-28)22(16-8-9-20(37-3)21(11-16)38-4)24-25(29-18)30-27(31-26(24)34)39-14-15-6-5-7-17(10-15)32(35)36/h5-11,22H,12-14H2,1-4H3,(H2,29,30,31,34)/t22-/m0/s1. The molecule has 0 spiro atoms. The van der Waals surface area contributed by atoms with Gasteiger partial charge in [0.25, 0.3) is 11.2 Å². The highest BCUT2D eigenvalue weighted by molar-refractivity contribution is 7.98. The van der Waals surface area contributed by atoms with Gasteiger partial charge in [-0.3, -0.25) is 19.7 Å². The van der Waals surface area contributed by atoms with Crippen molar-refractivity contribution in [2.45, 2.75) is 43.5 Å². The molecule has 1 aliphatic heterocycles. The van der Waals surface area contributed by atoms with Crippen LogP contribution in [0.3, 0.4) is 0 Å². The minimum absolute atomic E-state index is 0.00321. The molecule has 1 aromatic heterocycles. The summed E-state index contributed by atoms with van der Waals surface area (Å²) >= 11 is 1.27. The molecule has 39 heavy (non-hydrogen) atoms. The SMILES string of the molecule is COc1ccc([C@H]2C3=C(CC(C)(C)CC3=O)Nc3nc(SCc4cccc([N+](=O)[O-])c4)[nH]c(=O)c32)cc1OC. The zero-order valence-corrected chi connectivity index (χ0v) is 22.8. The van der Waals surface area contributed by atoms with Crippen LogP contribution in [0.4, 0.5) is 11.5 Å². The van der Waals surface area contributed by atoms with Crippen LogP contribution in [0.2, 0.25) is 0 Å². The molecule has 5 rings (SSSR count). The van der Waals surface area contributed by atoms with E-state index in [2.05, 4.69) is 10.3 Å². The van der Waals surface area contributed by atoms with Crippen LogP contribution in [-0.2, 0) is 10.5 Å². The van der Waals surface area contributed by atoms with E-state index in [1.165, 1.54) is 31.0 Å². The van der Waals surface area contributed by atoms with Crippen molar-refractivity contribution in [3.63, 3.8) is 0 Å². The number of hydrogen-bond donors (Lipinski definition) is 2. The first-order valence-corrected chi connectivity index (χ1v) is 13.3. The first-order chi connectivity index (χ1) is 18.6. The number of benzene rings is 2. The van der Waals surface area contributed by atoms with E-state index in [4.69, 9.17) is 14.5 Å². The number of thioether (sulfide) groups is 1. The normalized spacial score (nSPS) is 17.6. The number of methoxy groups -OCH3 is 2. The van der Waals surface area contributed by atoms with Gasteiger partial charge in [0, 0.05) is 41.5 Å². The number of anilines is 1. The number of ketones is 1. The van der Waals surface area contributed by atoms with E-state index >= 15 is 0 Å². The Hall–Kier alpha value is -4.12. The largest absolute Gasteiger partial charge is 0.493 e. The van der Waals surface area contributed by atoms with Crippen molar-refractivity contribution >= 4 is 29.1 Å². The van der Waals surface area contributed by atoms with Crippen LogP contribution in [0, 0.1) is 15.5 Å². The molecule has 0 saturated carbocycles. The predicted molar refractivity (Wildman–Crippen MR) is 148 cm³/mol. The summed E-state index contributed by atoms with van der Waals surface area (Å²) in [5.41, 5.74) is 2.53. The number of hydrogen-bond acceptors (Lipinski definition) is 9. The minimum Gasteiger partial charge on any atom is -0.493 e. The van der Waals surface area contributed by atoms with Gasteiger partial charge in [0.2, 0.25) is 0 Å². The van der Waals surface area contributed by atoms with Crippen LogP contribution in [0.5, 0.6) is 11.5 Å². The number of carbonyl (C=O) groups excluding carboxylic acids is 1. The summed E-state index contributed by atoms with van der Waals surface area (Å²) in [5, 5.41) is 14.8. The number of allylic oxidation sites excluding steroid dienone is 2. The molecule has 0 radical (unpaired) electrons. The Morgan fingerprint density at radius 3 is 2.59 bits per heavy atom. The molecule has 202 valence electrons. The van der Waals surface area contributed by atoms with Crippen LogP contribution in [0.15, 0.2) is 63.7 Å². The van der Waals surface area contributed by atoms with E-state index in [0.29, 0.717) is 52.2 Å². The van der Waals surface area contributed by atoms with Crippen LogP contribution < -0.4 is 20.3 Å². The first-order valence-electron chi connectivity index (χ1n) is 12.4. The van der Waals surface area contributed by atoms with Gasteiger partial charge in [-0.1, -0.05) is 43.8 Å². The molecular formula is C28H28N4O6S. The molecule has 0 amide bonds. The van der Waals surface area contributed by atoms with E-state index in [1.54, 1.807) is 31.4 Å². The van der Waals surface area contributed by atoms with Crippen molar-refractivity contribution in [1.82, 2.24) is 9.97 Å². The number of ether oxygens (including phenoxy) is 2. The highest BCUT2D eigenvalue weighted by Gasteiger charge is 2.42. The average molecular weight is 549 g/mol. The van der Waals surface area contributed by atoms with Gasteiger partial charge in [0.05, 0.1) is 24.7 Å². The van der Waals surface area contributed by atoms with E-state index < -0.39 is 10.8 Å². The molecule has 2 aliphatic rings. The highest BCUT2D eigenvalue weighted by Crippen LogP contribution is 2.48. The van der Waals surface area contributed by atoms with Crippen molar-refractivity contribution in [1.29, 1.82) is 0 Å². The van der Waals surface area contributed by atoms with Gasteiger partial charge in [-0.2, -0.15) is 0 Å². The molecule has 1 atom stereocenters. The third-order valence-electron chi connectivity index (χ3n) is 6.94. The third-order valence-corrected chi connectivity index (χ3v) is 7.88. The number of nitro groups is 1. The van der Waals surface area contributed by atoms with Gasteiger partial charge in [-0.25, -0.2) is 4.98 Å². The Morgan fingerprint density at radius 1 is 1.10 bits per heavy atom. The summed E-state index contributed by atoms with van der Waals surface area (Å²) in [5.74, 6) is 1.16. The molecule has 11 heteroatoms. The van der Waals surface area contributed by atoms with Crippen molar-refractivity contribution in [3.05, 3.63) is 90.9 Å². The Kier molecular flexibility index (Phi) is 6.94. The number of nitro benzene ring substituents is 1. The number of fused-ring (bicyclic) bond motifs is 1. The van der Waals surface area contributed by atoms with Gasteiger partial charge in [0.1, 0.15) is 5.82 Å². The lowest BCUT2D eigenvalue weighted by atomic mass is 9.69. The molecule has 0 unspecified atom stereocenters. The number of aromatic amines is 1. The van der Waals surface area contributed by atoms with Crippen molar-refractivity contribution in [2.24, 2.45) is 5.41 Å². The predicted octanol–water partition coefficient (Wildman–Crippen LogP) is 5.19. The number of nitrogens with zero attached hydrogens (tertiary/aromatic N) is 2. The Bertz CT molecular complexity index is 1580. The van der Waals surface area contributed by atoms with Gasteiger partial charge in [-0.05, 0) is 35.1 Å². The molecule has 0 fully saturated rings. The van der Waals surface area contributed by atoms with E-state index in [0.717, 1.165) is 16.8 Å². The monoisotopic (exact) mass is 548 g/mol. The molecule has 2 N–H and O–H groups in total. The van der Waals surface area contributed by atoms with Crippen LogP contribution >= 0.6 is 11.8 Å². The quantitative estimate of drug-likeness (QED) is 0.177. The maximum Gasteiger partial charge on any atom is 0.269 e. The minimum atomic E-state index is -0.633. The lowest BCUT2D eigenvalue weighted by molar-refractivity contribution is -0.384. The number of rotatable bonds is 7. The average Bonchev–Trinajstić information content (AvgIpc) is 2.89. The zero-order chi connectivity index (χ0) is 27.9. The molecule has 1 aliphatic carbocycles. The maximum absolute atomic E-state index is 13.6. The maximum atomic E-state index is 13.6. The summed E-state index contributed by atoms with van der Waals surface area (Å²) in [6.45, 7) is 4.09. The Labute approximate surface area is 229 Å². The molecule has 0 bridgehead atoms. The van der Waals surface area contributed by atoms with Gasteiger partial charge < -0.3 is 19.8 Å². The van der Waals surface area contributed by atoms with Crippen LogP contribution in [-0.4, -0.2) is 34.9 Å². The third kappa shape index (κ3) is 5.14. The molecule has 2 heterocycles. The summed E-state index contributed by atoms with van der Waals surface area (Å²) < 4.78 is 10.9. The smallest absolute Gasteiger partial charge is 0.269 e. The summed E-state index contributed by atoms with van der Waals surface area (Å²) in [7, 11) is 3.09. The van der Waals surface area contributed by atoms with Crippen LogP contribution in [0.1, 0.15) is 49.3 Å². The molecule has 3 aromatic rings. The zero-order valence-electron chi connectivity index (χ0n) is 22.0. The second-order valence-electron chi connectivity index (χ2n) is 10.4. The van der Waals surface area contributed by atoms with Crippen molar-refractivity contribution in [3.8, 4) is 11.5 Å². The number of Topliss-reactive ketones (excluding diaryl/α,β-unsaturated/α-hetero) is 1. The fraction of sp³-hybridized carbons (Fsp3) is 0.321. The molecule has 10 nitrogen and oxygen atoms in total. The van der Waals surface area contributed by atoms with Gasteiger partial charge >= 0.3 is 0 Å². The highest BCUT2D eigenvalue weighted by atomic mass is 32.2. The number of H-pyrrole nitrogens is 1. The summed E-state index contributed by atoms with van der Waals surface area (Å²) in [6, 6.07) is 11.7. The van der Waals surface area contributed by atoms with Gasteiger partial charge in [-0.15, -0.1) is 0 Å². The lowest BCUT2D eigenvalue weighted by Gasteiger charge is -2.38. The number of nitrogens with one attached hydrogen (secondary N) is 2. The molecular weight excluding hydrogens is 520 g/mol. The van der Waals surface area contributed by atoms with Crippen molar-refractivity contribution < 1.29 is 19.2 Å². The number of aromatic nitrogens is 2. The van der Waals surface area contributed by atoms with Crippen molar-refractivity contribution in [2.75, 3.05) is 19.5 Å². The fourth-order valence-corrected chi connectivity index (χ4v) is 6.04. The van der Waals surface area contributed by atoms with E-state index in [-0.39, 0.29) is 22.4 Å². The van der Waals surface area contributed by atoms with Crippen LogP contribution in [0.25, 0.3) is 0 Å².